The summed E-state index contributed by atoms with van der Waals surface area (Å²) >= 11 is 0. The van der Waals surface area contributed by atoms with Crippen molar-refractivity contribution in [1.29, 1.82) is 0 Å². The highest BCUT2D eigenvalue weighted by molar-refractivity contribution is 6.76. The smallest absolute Gasteiger partial charge is 0.335 e. The molecule has 0 radical (unpaired) electrons. The highest BCUT2D eigenvalue weighted by Gasteiger charge is 2.18. The average molecular weight is 354 g/mol. The number of aromatic amines is 1. The SMILES string of the molecule is COC(=O)Cn1c(=O)c2[nH]cnc2n(COCC[Si](C)(C)C)c1=O. The van der Waals surface area contributed by atoms with Crippen molar-refractivity contribution in [2.75, 3.05) is 13.7 Å². The number of methoxy groups -OCH3 is 1. The minimum Gasteiger partial charge on any atom is -0.468 e. The molecule has 0 aliphatic rings. The molecule has 2 rings (SSSR count). The molecule has 24 heavy (non-hydrogen) atoms. The first kappa shape index (κ1) is 18.1. The first-order valence-electron chi connectivity index (χ1n) is 7.56. The summed E-state index contributed by atoms with van der Waals surface area (Å²) in [5, 5.41) is 0. The molecule has 132 valence electrons. The van der Waals surface area contributed by atoms with Crippen LogP contribution in [0.15, 0.2) is 15.9 Å². The van der Waals surface area contributed by atoms with Crippen molar-refractivity contribution in [3.63, 3.8) is 0 Å². The number of nitrogens with zero attached hydrogens (tertiary/aromatic N) is 3. The van der Waals surface area contributed by atoms with E-state index in [0.717, 1.165) is 10.6 Å². The Morgan fingerprint density at radius 1 is 1.29 bits per heavy atom. The molecule has 1 N–H and O–H groups in total. The van der Waals surface area contributed by atoms with Crippen LogP contribution in [0.1, 0.15) is 0 Å². The monoisotopic (exact) mass is 354 g/mol. The number of H-pyrrole nitrogens is 1. The minimum atomic E-state index is -1.25. The summed E-state index contributed by atoms with van der Waals surface area (Å²) in [6, 6.07) is 0.952. The molecule has 0 bridgehead atoms. The van der Waals surface area contributed by atoms with Crippen LogP contribution in [0.5, 0.6) is 0 Å². The van der Waals surface area contributed by atoms with E-state index in [1.165, 1.54) is 18.0 Å². The Bertz CT molecular complexity index is 845. The molecule has 2 heterocycles. The van der Waals surface area contributed by atoms with Gasteiger partial charge in [0.25, 0.3) is 5.56 Å². The Hall–Kier alpha value is -2.20. The van der Waals surface area contributed by atoms with E-state index in [2.05, 4.69) is 34.3 Å². The van der Waals surface area contributed by atoms with Gasteiger partial charge in [-0.05, 0) is 6.04 Å². The number of nitrogens with one attached hydrogen (secondary N) is 1. The van der Waals surface area contributed by atoms with Crippen molar-refractivity contribution in [2.45, 2.75) is 39.0 Å². The predicted molar refractivity (Wildman–Crippen MR) is 90.7 cm³/mol. The molecule has 0 atom stereocenters. The van der Waals surface area contributed by atoms with E-state index < -0.39 is 31.8 Å². The average Bonchev–Trinajstić information content (AvgIpc) is 2.98. The van der Waals surface area contributed by atoms with Gasteiger partial charge >= 0.3 is 11.7 Å². The van der Waals surface area contributed by atoms with Gasteiger partial charge in [0.1, 0.15) is 18.8 Å². The van der Waals surface area contributed by atoms with Crippen LogP contribution < -0.4 is 11.2 Å². The third kappa shape index (κ3) is 4.00. The maximum atomic E-state index is 12.5. The molecule has 0 fully saturated rings. The molecule has 10 heteroatoms. The number of hydrogen-bond donors (Lipinski definition) is 1. The van der Waals surface area contributed by atoms with E-state index in [-0.39, 0.29) is 17.9 Å². The number of esters is 1. The van der Waals surface area contributed by atoms with Gasteiger partial charge in [0.05, 0.1) is 13.4 Å². The van der Waals surface area contributed by atoms with Gasteiger partial charge in [-0.25, -0.2) is 14.3 Å². The molecule has 0 saturated heterocycles. The van der Waals surface area contributed by atoms with E-state index in [4.69, 9.17) is 4.74 Å². The number of rotatable bonds is 7. The van der Waals surface area contributed by atoms with Crippen molar-refractivity contribution in [1.82, 2.24) is 19.1 Å². The Balaban J connectivity index is 2.34. The summed E-state index contributed by atoms with van der Waals surface area (Å²) < 4.78 is 12.2. The van der Waals surface area contributed by atoms with E-state index >= 15 is 0 Å². The molecular weight excluding hydrogens is 332 g/mol. The van der Waals surface area contributed by atoms with Crippen LogP contribution in [0.25, 0.3) is 11.2 Å². The maximum Gasteiger partial charge on any atom is 0.335 e. The molecule has 0 amide bonds. The van der Waals surface area contributed by atoms with Crippen LogP contribution in [0, 0.1) is 0 Å². The Kier molecular flexibility index (Phi) is 5.39. The zero-order chi connectivity index (χ0) is 17.9. The third-order valence-corrected chi connectivity index (χ3v) is 5.23. The highest BCUT2D eigenvalue weighted by Crippen LogP contribution is 2.08. The van der Waals surface area contributed by atoms with E-state index in [0.29, 0.717) is 6.61 Å². The summed E-state index contributed by atoms with van der Waals surface area (Å²) in [4.78, 5) is 43.0. The fourth-order valence-corrected chi connectivity index (χ4v) is 2.85. The number of carbonyl (C=O) groups is 1. The number of ether oxygens (including phenoxy) is 2. The molecule has 2 aromatic heterocycles. The summed E-state index contributed by atoms with van der Waals surface area (Å²) in [6.45, 7) is 6.70. The van der Waals surface area contributed by atoms with Crippen LogP contribution in [0.3, 0.4) is 0 Å². The van der Waals surface area contributed by atoms with Crippen LogP contribution in [0.4, 0.5) is 0 Å². The summed E-state index contributed by atoms with van der Waals surface area (Å²) in [5.74, 6) is -0.681. The number of imidazole rings is 1. The lowest BCUT2D eigenvalue weighted by Gasteiger charge is -2.16. The standard InChI is InChI=1S/C14H22N4O5Si/c1-22-10(19)7-17-13(20)11-12(16-8-15-11)18(14(17)21)9-23-5-6-24(2,3)4/h8H,5-7,9H2,1-4H3,(H,15,16). The minimum absolute atomic E-state index is 0.0356. The first-order valence-corrected chi connectivity index (χ1v) is 11.3. The molecular formula is C14H22N4O5Si. The van der Waals surface area contributed by atoms with Crippen molar-refractivity contribution >= 4 is 25.2 Å². The topological polar surface area (TPSA) is 108 Å². The number of fused-ring (bicyclic) bond motifs is 1. The summed E-state index contributed by atoms with van der Waals surface area (Å²) in [5.41, 5.74) is -0.916. The molecule has 0 saturated carbocycles. The second-order valence-electron chi connectivity index (χ2n) is 6.63. The molecule has 0 aliphatic heterocycles. The van der Waals surface area contributed by atoms with Gasteiger partial charge < -0.3 is 14.5 Å². The van der Waals surface area contributed by atoms with Gasteiger partial charge in [0.15, 0.2) is 5.65 Å². The number of aromatic nitrogens is 4. The summed E-state index contributed by atoms with van der Waals surface area (Å²) in [7, 11) is -0.0522. The van der Waals surface area contributed by atoms with Crippen LogP contribution >= 0.6 is 0 Å². The van der Waals surface area contributed by atoms with Crippen molar-refractivity contribution in [2.24, 2.45) is 0 Å². The molecule has 0 unspecified atom stereocenters. The number of hydrogen-bond acceptors (Lipinski definition) is 6. The van der Waals surface area contributed by atoms with Crippen LogP contribution in [0.2, 0.25) is 25.7 Å². The van der Waals surface area contributed by atoms with Crippen molar-refractivity contribution < 1.29 is 14.3 Å². The van der Waals surface area contributed by atoms with Gasteiger partial charge in [-0.3, -0.25) is 14.2 Å². The quantitative estimate of drug-likeness (QED) is 0.437. The van der Waals surface area contributed by atoms with Gasteiger partial charge in [-0.15, -0.1) is 0 Å². The Labute approximate surface area is 139 Å². The first-order chi connectivity index (χ1) is 11.2. The fraction of sp³-hybridized carbons (Fsp3) is 0.571. The van der Waals surface area contributed by atoms with Gasteiger partial charge in [0.2, 0.25) is 0 Å². The second kappa shape index (κ2) is 7.14. The molecule has 2 aromatic rings. The maximum absolute atomic E-state index is 12.5. The van der Waals surface area contributed by atoms with E-state index in [1.54, 1.807) is 0 Å². The lowest BCUT2D eigenvalue weighted by molar-refractivity contribution is -0.141. The van der Waals surface area contributed by atoms with Gasteiger partial charge in [-0.1, -0.05) is 19.6 Å². The van der Waals surface area contributed by atoms with Crippen LogP contribution in [-0.4, -0.2) is 46.9 Å². The third-order valence-electron chi connectivity index (χ3n) is 3.53. The van der Waals surface area contributed by atoms with E-state index in [1.807, 2.05) is 0 Å². The Morgan fingerprint density at radius 2 is 2.00 bits per heavy atom. The van der Waals surface area contributed by atoms with Crippen molar-refractivity contribution in [3.8, 4) is 0 Å². The largest absolute Gasteiger partial charge is 0.468 e. The lowest BCUT2D eigenvalue weighted by Crippen LogP contribution is -2.42. The predicted octanol–water partition coefficient (Wildman–Crippen LogP) is 0.372. The normalized spacial score (nSPS) is 11.8. The number of carbonyl (C=O) groups excluding carboxylic acids is 1. The highest BCUT2D eigenvalue weighted by atomic mass is 28.3. The van der Waals surface area contributed by atoms with E-state index in [9.17, 15) is 14.4 Å². The zero-order valence-electron chi connectivity index (χ0n) is 14.3. The second-order valence-corrected chi connectivity index (χ2v) is 12.2. The van der Waals surface area contributed by atoms with Crippen molar-refractivity contribution in [3.05, 3.63) is 27.2 Å². The zero-order valence-corrected chi connectivity index (χ0v) is 15.3. The van der Waals surface area contributed by atoms with Crippen LogP contribution in [-0.2, 0) is 27.5 Å². The van der Waals surface area contributed by atoms with Gasteiger partial charge in [0, 0.05) is 14.7 Å². The summed E-state index contributed by atoms with van der Waals surface area (Å²) in [6.07, 6.45) is 1.33. The molecule has 0 aromatic carbocycles. The fourth-order valence-electron chi connectivity index (χ4n) is 2.09. The Morgan fingerprint density at radius 3 is 2.62 bits per heavy atom. The van der Waals surface area contributed by atoms with Gasteiger partial charge in [-0.2, -0.15) is 0 Å². The lowest BCUT2D eigenvalue weighted by atomic mass is 10.5. The molecule has 0 aliphatic carbocycles. The molecule has 0 spiro atoms. The molecule has 9 nitrogen and oxygen atoms in total.